The van der Waals surface area contributed by atoms with Gasteiger partial charge in [-0.1, -0.05) is 30.3 Å². The van der Waals surface area contributed by atoms with Crippen LogP contribution >= 0.6 is 0 Å². The molecule has 31 heavy (non-hydrogen) atoms. The van der Waals surface area contributed by atoms with Gasteiger partial charge in [-0.2, -0.15) is 26.3 Å². The van der Waals surface area contributed by atoms with E-state index in [2.05, 4.69) is 5.32 Å². The number of nitrogens with one attached hydrogen (secondary N) is 1. The highest BCUT2D eigenvalue weighted by Gasteiger charge is 2.50. The SMILES string of the molecule is FC(F)(F)c1cc(C=CO[C@@H]2CC[C@@H]3CC[C@]2(c2ccccc2)N3)cc(C(F)(F)F)c1. The van der Waals surface area contributed by atoms with E-state index in [0.717, 1.165) is 37.3 Å². The van der Waals surface area contributed by atoms with Gasteiger partial charge >= 0.3 is 12.4 Å². The molecule has 0 unspecified atom stereocenters. The summed E-state index contributed by atoms with van der Waals surface area (Å²) in [6.45, 7) is 0. The summed E-state index contributed by atoms with van der Waals surface area (Å²) in [6, 6.07) is 11.7. The van der Waals surface area contributed by atoms with Crippen molar-refractivity contribution in [3.8, 4) is 0 Å². The van der Waals surface area contributed by atoms with Gasteiger partial charge in [-0.25, -0.2) is 0 Å². The minimum atomic E-state index is -4.88. The summed E-state index contributed by atoms with van der Waals surface area (Å²) in [4.78, 5) is 0. The lowest BCUT2D eigenvalue weighted by Gasteiger charge is -2.41. The zero-order valence-corrected chi connectivity index (χ0v) is 16.4. The number of halogens is 6. The number of fused-ring (bicyclic) bond motifs is 2. The maximum absolute atomic E-state index is 13.1. The molecule has 2 saturated heterocycles. The van der Waals surface area contributed by atoms with Crippen molar-refractivity contribution < 1.29 is 31.1 Å². The molecule has 0 aliphatic carbocycles. The molecule has 166 valence electrons. The summed E-state index contributed by atoms with van der Waals surface area (Å²) in [5, 5.41) is 3.62. The smallest absolute Gasteiger partial charge is 0.416 e. The van der Waals surface area contributed by atoms with E-state index in [9.17, 15) is 26.3 Å². The van der Waals surface area contributed by atoms with E-state index in [1.165, 1.54) is 6.26 Å². The normalized spacial score (nSPS) is 26.4. The Bertz CT molecular complexity index is 921. The Kier molecular flexibility index (Phi) is 5.54. The van der Waals surface area contributed by atoms with E-state index in [1.54, 1.807) is 0 Å². The van der Waals surface area contributed by atoms with Crippen LogP contribution in [0.15, 0.2) is 54.8 Å². The molecule has 2 fully saturated rings. The van der Waals surface area contributed by atoms with Crippen LogP contribution in [0.1, 0.15) is 47.9 Å². The summed E-state index contributed by atoms with van der Waals surface area (Å²) < 4.78 is 84.3. The second-order valence-corrected chi connectivity index (χ2v) is 8.06. The van der Waals surface area contributed by atoms with Crippen LogP contribution < -0.4 is 5.32 Å². The van der Waals surface area contributed by atoms with Crippen LogP contribution in [0.4, 0.5) is 26.3 Å². The van der Waals surface area contributed by atoms with Crippen LogP contribution in [0.5, 0.6) is 0 Å². The van der Waals surface area contributed by atoms with E-state index in [4.69, 9.17) is 4.74 Å². The number of rotatable bonds is 4. The minimum Gasteiger partial charge on any atom is -0.496 e. The molecule has 2 aliphatic rings. The zero-order chi connectivity index (χ0) is 22.3. The third-order valence-electron chi connectivity index (χ3n) is 6.08. The Balaban J connectivity index is 1.59. The molecule has 2 aromatic rings. The van der Waals surface area contributed by atoms with E-state index in [1.807, 2.05) is 30.3 Å². The Labute approximate surface area is 175 Å². The van der Waals surface area contributed by atoms with Crippen molar-refractivity contribution >= 4 is 6.08 Å². The molecule has 2 aromatic carbocycles. The van der Waals surface area contributed by atoms with Crippen molar-refractivity contribution in [2.24, 2.45) is 0 Å². The van der Waals surface area contributed by atoms with Crippen molar-refractivity contribution in [1.29, 1.82) is 0 Å². The van der Waals surface area contributed by atoms with Crippen LogP contribution in [0, 0.1) is 0 Å². The Morgan fingerprint density at radius 3 is 2.13 bits per heavy atom. The number of benzene rings is 2. The van der Waals surface area contributed by atoms with Gasteiger partial charge in [0.1, 0.15) is 6.10 Å². The van der Waals surface area contributed by atoms with Gasteiger partial charge in [0.15, 0.2) is 0 Å². The predicted molar refractivity (Wildman–Crippen MR) is 104 cm³/mol. The van der Waals surface area contributed by atoms with E-state index in [0.29, 0.717) is 18.2 Å². The first-order chi connectivity index (χ1) is 14.6. The fourth-order valence-corrected chi connectivity index (χ4v) is 4.60. The first-order valence-corrected chi connectivity index (χ1v) is 10.0. The lowest BCUT2D eigenvalue weighted by molar-refractivity contribution is -0.143. The van der Waals surface area contributed by atoms with Crippen LogP contribution in [-0.2, 0) is 22.6 Å². The van der Waals surface area contributed by atoms with E-state index < -0.39 is 29.0 Å². The molecule has 0 radical (unpaired) electrons. The third kappa shape index (κ3) is 4.44. The van der Waals surface area contributed by atoms with Crippen LogP contribution in [0.25, 0.3) is 6.08 Å². The molecule has 3 atom stereocenters. The second-order valence-electron chi connectivity index (χ2n) is 8.06. The molecule has 2 aliphatic heterocycles. The van der Waals surface area contributed by atoms with Crippen molar-refractivity contribution in [3.63, 3.8) is 0 Å². The predicted octanol–water partition coefficient (Wildman–Crippen LogP) is 6.52. The average molecular weight is 441 g/mol. The summed E-state index contributed by atoms with van der Waals surface area (Å²) in [5.41, 5.74) is -2.26. The fraction of sp³-hybridized carbons (Fsp3) is 0.391. The number of piperidine rings is 1. The molecular formula is C23H21F6NO. The molecule has 4 rings (SSSR count). The molecule has 0 aromatic heterocycles. The number of hydrogen-bond donors (Lipinski definition) is 1. The average Bonchev–Trinajstić information content (AvgIpc) is 3.07. The van der Waals surface area contributed by atoms with Gasteiger partial charge in [0, 0.05) is 6.04 Å². The monoisotopic (exact) mass is 441 g/mol. The first-order valence-electron chi connectivity index (χ1n) is 10.0. The summed E-state index contributed by atoms with van der Waals surface area (Å²) in [6.07, 6.45) is -4.19. The topological polar surface area (TPSA) is 21.3 Å². The quantitative estimate of drug-likeness (QED) is 0.431. The van der Waals surface area contributed by atoms with Crippen molar-refractivity contribution in [2.45, 2.75) is 55.7 Å². The fourth-order valence-electron chi connectivity index (χ4n) is 4.60. The summed E-state index contributed by atoms with van der Waals surface area (Å²) >= 11 is 0. The zero-order valence-electron chi connectivity index (χ0n) is 16.4. The van der Waals surface area contributed by atoms with Gasteiger partial charge in [0.2, 0.25) is 0 Å². The van der Waals surface area contributed by atoms with Gasteiger partial charge in [0.05, 0.1) is 22.9 Å². The highest BCUT2D eigenvalue weighted by molar-refractivity contribution is 5.52. The lowest BCUT2D eigenvalue weighted by Crippen LogP contribution is -2.53. The van der Waals surface area contributed by atoms with E-state index >= 15 is 0 Å². The van der Waals surface area contributed by atoms with Crippen LogP contribution in [-0.4, -0.2) is 12.1 Å². The number of ether oxygens (including phenoxy) is 1. The second kappa shape index (κ2) is 7.89. The van der Waals surface area contributed by atoms with E-state index in [-0.39, 0.29) is 17.7 Å². The molecule has 8 heteroatoms. The Hall–Kier alpha value is -2.48. The standard InChI is InChI=1S/C23H21F6NO/c24-22(25,26)17-12-15(13-18(14-17)23(27,28)29)9-11-31-20-7-6-19-8-10-21(20,30-19)16-4-2-1-3-5-16/h1-5,9,11-14,19-20,30H,6-8,10H2/t19-,20-,21-/m1/s1. The molecule has 2 heterocycles. The number of alkyl halides is 6. The van der Waals surface area contributed by atoms with Gasteiger partial charge in [-0.3, -0.25) is 0 Å². The number of hydrogen-bond acceptors (Lipinski definition) is 2. The van der Waals surface area contributed by atoms with Crippen molar-refractivity contribution in [1.82, 2.24) is 5.32 Å². The first kappa shape index (κ1) is 21.7. The molecule has 2 bridgehead atoms. The highest BCUT2D eigenvalue weighted by atomic mass is 19.4. The highest BCUT2D eigenvalue weighted by Crippen LogP contribution is 2.44. The lowest BCUT2D eigenvalue weighted by atomic mass is 9.81. The van der Waals surface area contributed by atoms with Gasteiger partial charge < -0.3 is 10.1 Å². The Morgan fingerprint density at radius 2 is 1.52 bits per heavy atom. The maximum atomic E-state index is 13.1. The molecule has 0 spiro atoms. The van der Waals surface area contributed by atoms with Crippen molar-refractivity contribution in [2.75, 3.05) is 0 Å². The van der Waals surface area contributed by atoms with Crippen LogP contribution in [0.3, 0.4) is 0 Å². The largest absolute Gasteiger partial charge is 0.496 e. The molecule has 2 nitrogen and oxygen atoms in total. The maximum Gasteiger partial charge on any atom is 0.416 e. The van der Waals surface area contributed by atoms with Gasteiger partial charge in [0.25, 0.3) is 0 Å². The van der Waals surface area contributed by atoms with Crippen molar-refractivity contribution in [3.05, 3.63) is 77.0 Å². The van der Waals surface area contributed by atoms with Crippen LogP contribution in [0.2, 0.25) is 0 Å². The molecule has 1 N–H and O–H groups in total. The molecule has 0 amide bonds. The summed E-state index contributed by atoms with van der Waals surface area (Å²) in [7, 11) is 0. The molecular weight excluding hydrogens is 420 g/mol. The Morgan fingerprint density at radius 1 is 0.871 bits per heavy atom. The molecule has 0 saturated carbocycles. The third-order valence-corrected chi connectivity index (χ3v) is 6.08. The van der Waals surface area contributed by atoms with Gasteiger partial charge in [-0.15, -0.1) is 0 Å². The van der Waals surface area contributed by atoms with Gasteiger partial charge in [-0.05, 0) is 61.1 Å². The minimum absolute atomic E-state index is 0.117. The summed E-state index contributed by atoms with van der Waals surface area (Å²) in [5.74, 6) is 0.